The van der Waals surface area contributed by atoms with Crippen molar-refractivity contribution in [1.82, 2.24) is 0 Å². The van der Waals surface area contributed by atoms with E-state index in [0.29, 0.717) is 5.69 Å². The summed E-state index contributed by atoms with van der Waals surface area (Å²) >= 11 is 1.52. The molecule has 4 heteroatoms. The van der Waals surface area contributed by atoms with Crippen LogP contribution in [-0.2, 0) is 4.79 Å². The lowest BCUT2D eigenvalue weighted by atomic mass is 10.2. The second-order valence-electron chi connectivity index (χ2n) is 4.64. The van der Waals surface area contributed by atoms with E-state index in [4.69, 9.17) is 5.73 Å². The van der Waals surface area contributed by atoms with E-state index in [1.54, 1.807) is 0 Å². The van der Waals surface area contributed by atoms with E-state index in [9.17, 15) is 4.79 Å². The highest BCUT2D eigenvalue weighted by Crippen LogP contribution is 2.29. The average molecular weight is 286 g/mol. The minimum atomic E-state index is -0.185. The molecule has 0 saturated heterocycles. The van der Waals surface area contributed by atoms with Gasteiger partial charge in [0.1, 0.15) is 0 Å². The summed E-state index contributed by atoms with van der Waals surface area (Å²) in [7, 11) is 0. The molecule has 0 aliphatic carbocycles. The number of nitrogens with two attached hydrogens (primary N) is 1. The third-order valence-electron chi connectivity index (χ3n) is 2.93. The molecule has 104 valence electrons. The second-order valence-corrected chi connectivity index (χ2v) is 6.02. The molecule has 0 radical (unpaired) electrons. The number of benzene rings is 2. The largest absolute Gasteiger partial charge is 0.399 e. The predicted molar refractivity (Wildman–Crippen MR) is 86.0 cm³/mol. The monoisotopic (exact) mass is 286 g/mol. The Hall–Kier alpha value is -1.94. The Labute approximate surface area is 123 Å². The van der Waals surface area contributed by atoms with E-state index in [1.807, 2.05) is 62.4 Å². The van der Waals surface area contributed by atoms with Gasteiger partial charge in [-0.2, -0.15) is 0 Å². The molecule has 0 fully saturated rings. The number of amides is 1. The van der Waals surface area contributed by atoms with Crippen LogP contribution in [-0.4, -0.2) is 11.2 Å². The number of nitrogens with one attached hydrogen (secondary N) is 1. The van der Waals surface area contributed by atoms with Crippen LogP contribution in [0.15, 0.2) is 53.4 Å². The molecule has 0 saturated carbocycles. The number of carbonyl (C=O) groups is 1. The molecule has 2 aromatic rings. The highest BCUT2D eigenvalue weighted by Gasteiger charge is 2.15. The van der Waals surface area contributed by atoms with Gasteiger partial charge >= 0.3 is 0 Å². The zero-order chi connectivity index (χ0) is 14.5. The van der Waals surface area contributed by atoms with Crippen molar-refractivity contribution in [2.24, 2.45) is 0 Å². The van der Waals surface area contributed by atoms with Crippen molar-refractivity contribution in [2.75, 3.05) is 11.1 Å². The molecule has 0 heterocycles. The molecule has 1 amide bonds. The number of carbonyl (C=O) groups excluding carboxylic acids is 1. The van der Waals surface area contributed by atoms with Gasteiger partial charge in [-0.05, 0) is 43.7 Å². The molecule has 20 heavy (non-hydrogen) atoms. The van der Waals surface area contributed by atoms with Crippen LogP contribution in [0.5, 0.6) is 0 Å². The van der Waals surface area contributed by atoms with Gasteiger partial charge in [-0.3, -0.25) is 4.79 Å². The Bertz CT molecular complexity index is 599. The lowest BCUT2D eigenvalue weighted by Gasteiger charge is -2.14. The van der Waals surface area contributed by atoms with Gasteiger partial charge in [-0.1, -0.05) is 24.3 Å². The van der Waals surface area contributed by atoms with Crippen molar-refractivity contribution in [3.05, 3.63) is 54.1 Å². The quantitative estimate of drug-likeness (QED) is 0.665. The number of hydrogen-bond acceptors (Lipinski definition) is 3. The van der Waals surface area contributed by atoms with Gasteiger partial charge in [-0.25, -0.2) is 0 Å². The molecule has 0 spiro atoms. The number of para-hydroxylation sites is 1. The maximum atomic E-state index is 12.1. The fourth-order valence-corrected chi connectivity index (χ4v) is 2.76. The van der Waals surface area contributed by atoms with Crippen molar-refractivity contribution < 1.29 is 4.79 Å². The number of nitrogen functional groups attached to an aromatic ring is 1. The first-order valence-corrected chi connectivity index (χ1v) is 7.33. The van der Waals surface area contributed by atoms with Crippen LogP contribution < -0.4 is 11.1 Å². The van der Waals surface area contributed by atoms with E-state index in [1.165, 1.54) is 11.8 Å². The number of anilines is 2. The Morgan fingerprint density at radius 2 is 1.90 bits per heavy atom. The highest BCUT2D eigenvalue weighted by atomic mass is 32.2. The SMILES string of the molecule is Cc1ccc(N)cc1SC(C)C(=O)Nc1ccccc1. The third kappa shape index (κ3) is 3.78. The van der Waals surface area contributed by atoms with Crippen LogP contribution in [0.2, 0.25) is 0 Å². The van der Waals surface area contributed by atoms with Crippen molar-refractivity contribution in [2.45, 2.75) is 24.0 Å². The summed E-state index contributed by atoms with van der Waals surface area (Å²) in [6.07, 6.45) is 0. The number of aryl methyl sites for hydroxylation is 1. The fraction of sp³-hybridized carbons (Fsp3) is 0.188. The number of thioether (sulfide) groups is 1. The van der Waals surface area contributed by atoms with Crippen molar-refractivity contribution in [3.8, 4) is 0 Å². The molecule has 2 aromatic carbocycles. The van der Waals surface area contributed by atoms with Gasteiger partial charge in [0, 0.05) is 16.3 Å². The summed E-state index contributed by atoms with van der Waals surface area (Å²) in [6.45, 7) is 3.91. The normalized spacial score (nSPS) is 11.9. The Balaban J connectivity index is 2.02. The summed E-state index contributed by atoms with van der Waals surface area (Å²) in [4.78, 5) is 13.2. The predicted octanol–water partition coefficient (Wildman–Crippen LogP) is 3.70. The Morgan fingerprint density at radius 3 is 2.60 bits per heavy atom. The lowest BCUT2D eigenvalue weighted by Crippen LogP contribution is -2.22. The van der Waals surface area contributed by atoms with Gasteiger partial charge in [-0.15, -0.1) is 11.8 Å². The summed E-state index contributed by atoms with van der Waals surface area (Å²) in [5, 5.41) is 2.72. The van der Waals surface area contributed by atoms with E-state index in [2.05, 4.69) is 5.32 Å². The van der Waals surface area contributed by atoms with Gasteiger partial charge in [0.25, 0.3) is 0 Å². The fourth-order valence-electron chi connectivity index (χ4n) is 1.75. The molecule has 2 rings (SSSR count). The molecule has 3 N–H and O–H groups in total. The van der Waals surface area contributed by atoms with Gasteiger partial charge < -0.3 is 11.1 Å². The summed E-state index contributed by atoms with van der Waals surface area (Å²) in [6, 6.07) is 15.2. The van der Waals surface area contributed by atoms with E-state index in [-0.39, 0.29) is 11.2 Å². The highest BCUT2D eigenvalue weighted by molar-refractivity contribution is 8.00. The van der Waals surface area contributed by atoms with E-state index in [0.717, 1.165) is 16.1 Å². The molecule has 1 atom stereocenters. The minimum Gasteiger partial charge on any atom is -0.399 e. The van der Waals surface area contributed by atoms with Crippen LogP contribution >= 0.6 is 11.8 Å². The maximum absolute atomic E-state index is 12.1. The van der Waals surface area contributed by atoms with Gasteiger partial charge in [0.15, 0.2) is 0 Å². The lowest BCUT2D eigenvalue weighted by molar-refractivity contribution is -0.115. The first-order valence-electron chi connectivity index (χ1n) is 6.45. The van der Waals surface area contributed by atoms with Crippen LogP contribution in [0.4, 0.5) is 11.4 Å². The molecule has 3 nitrogen and oxygen atoms in total. The van der Waals surface area contributed by atoms with Crippen LogP contribution in [0, 0.1) is 6.92 Å². The molecule has 1 unspecified atom stereocenters. The molecular weight excluding hydrogens is 268 g/mol. The molecular formula is C16H18N2OS. The van der Waals surface area contributed by atoms with Gasteiger partial charge in [0.2, 0.25) is 5.91 Å². The second kappa shape index (κ2) is 6.48. The Morgan fingerprint density at radius 1 is 1.20 bits per heavy atom. The summed E-state index contributed by atoms with van der Waals surface area (Å²) in [5.41, 5.74) is 8.45. The van der Waals surface area contributed by atoms with Crippen molar-refractivity contribution in [1.29, 1.82) is 0 Å². The van der Waals surface area contributed by atoms with Crippen LogP contribution in [0.3, 0.4) is 0 Å². The molecule has 0 aliphatic heterocycles. The molecule has 0 aliphatic rings. The third-order valence-corrected chi connectivity index (χ3v) is 4.19. The maximum Gasteiger partial charge on any atom is 0.237 e. The molecule has 0 aromatic heterocycles. The topological polar surface area (TPSA) is 55.1 Å². The van der Waals surface area contributed by atoms with E-state index >= 15 is 0 Å². The van der Waals surface area contributed by atoms with Crippen LogP contribution in [0.25, 0.3) is 0 Å². The van der Waals surface area contributed by atoms with Gasteiger partial charge in [0.05, 0.1) is 5.25 Å². The zero-order valence-corrected chi connectivity index (χ0v) is 12.4. The smallest absolute Gasteiger partial charge is 0.237 e. The average Bonchev–Trinajstić information content (AvgIpc) is 2.44. The number of hydrogen-bond donors (Lipinski definition) is 2. The van der Waals surface area contributed by atoms with Crippen molar-refractivity contribution >= 4 is 29.0 Å². The minimum absolute atomic E-state index is 0.0111. The van der Waals surface area contributed by atoms with Crippen LogP contribution in [0.1, 0.15) is 12.5 Å². The van der Waals surface area contributed by atoms with Crippen molar-refractivity contribution in [3.63, 3.8) is 0 Å². The Kier molecular flexibility index (Phi) is 4.69. The summed E-state index contributed by atoms with van der Waals surface area (Å²) < 4.78 is 0. The first-order chi connectivity index (χ1) is 9.56. The standard InChI is InChI=1S/C16H18N2OS/c1-11-8-9-13(17)10-15(11)20-12(2)16(19)18-14-6-4-3-5-7-14/h3-10,12H,17H2,1-2H3,(H,18,19). The summed E-state index contributed by atoms with van der Waals surface area (Å²) in [5.74, 6) is -0.0111. The zero-order valence-electron chi connectivity index (χ0n) is 11.6. The first kappa shape index (κ1) is 14.5. The van der Waals surface area contributed by atoms with E-state index < -0.39 is 0 Å². The molecule has 0 bridgehead atoms. The number of rotatable bonds is 4.